The number of nitrogens with one attached hydrogen (secondary N) is 1. The lowest BCUT2D eigenvalue weighted by Gasteiger charge is -2.10. The normalized spacial score (nSPS) is 12.8. The molecular formula is C19H21NO2. The van der Waals surface area contributed by atoms with Crippen LogP contribution in [-0.4, -0.2) is 13.0 Å². The maximum Gasteiger partial charge on any atom is 0.224 e. The van der Waals surface area contributed by atoms with E-state index in [4.69, 9.17) is 4.74 Å². The summed E-state index contributed by atoms with van der Waals surface area (Å²) in [6.07, 6.45) is 3.99. The molecule has 0 unspecified atom stereocenters. The van der Waals surface area contributed by atoms with Crippen LogP contribution in [0.5, 0.6) is 5.75 Å². The highest BCUT2D eigenvalue weighted by molar-refractivity contribution is 5.78. The smallest absolute Gasteiger partial charge is 0.224 e. The van der Waals surface area contributed by atoms with Crippen LogP contribution in [0, 0.1) is 0 Å². The van der Waals surface area contributed by atoms with Gasteiger partial charge < -0.3 is 10.1 Å². The highest BCUT2D eigenvalue weighted by Gasteiger charge is 2.12. The fraction of sp³-hybridized carbons (Fsp3) is 0.316. The second kappa shape index (κ2) is 6.65. The monoisotopic (exact) mass is 295 g/mol. The molecule has 2 aromatic rings. The van der Waals surface area contributed by atoms with E-state index in [1.165, 1.54) is 24.0 Å². The van der Waals surface area contributed by atoms with Crippen molar-refractivity contribution < 1.29 is 9.53 Å². The molecule has 114 valence electrons. The van der Waals surface area contributed by atoms with Crippen LogP contribution in [0.25, 0.3) is 0 Å². The maximum absolute atomic E-state index is 12.1. The number of hydrogen-bond acceptors (Lipinski definition) is 2. The Kier molecular flexibility index (Phi) is 4.42. The second-order valence-electron chi connectivity index (χ2n) is 5.72. The van der Waals surface area contributed by atoms with Crippen molar-refractivity contribution in [2.75, 3.05) is 7.11 Å². The van der Waals surface area contributed by atoms with Gasteiger partial charge in [-0.3, -0.25) is 4.79 Å². The molecule has 3 rings (SSSR count). The Morgan fingerprint density at radius 2 is 1.95 bits per heavy atom. The molecule has 0 aliphatic heterocycles. The van der Waals surface area contributed by atoms with E-state index in [0.717, 1.165) is 23.3 Å². The number of rotatable bonds is 5. The van der Waals surface area contributed by atoms with Crippen LogP contribution in [0.15, 0.2) is 42.5 Å². The van der Waals surface area contributed by atoms with E-state index in [1.807, 2.05) is 24.3 Å². The molecule has 0 radical (unpaired) electrons. The predicted octanol–water partition coefficient (Wildman–Crippen LogP) is 3.04. The highest BCUT2D eigenvalue weighted by Crippen LogP contribution is 2.23. The number of methoxy groups -OCH3 is 1. The minimum absolute atomic E-state index is 0.0452. The second-order valence-corrected chi connectivity index (χ2v) is 5.72. The van der Waals surface area contributed by atoms with E-state index >= 15 is 0 Å². The summed E-state index contributed by atoms with van der Waals surface area (Å²) in [5.41, 5.74) is 4.94. The molecule has 3 heteroatoms. The molecule has 0 spiro atoms. The molecule has 2 aromatic carbocycles. The van der Waals surface area contributed by atoms with Crippen LogP contribution < -0.4 is 10.1 Å². The third kappa shape index (κ3) is 3.30. The number of fused-ring (bicyclic) bond motifs is 1. The Morgan fingerprint density at radius 3 is 2.82 bits per heavy atom. The Morgan fingerprint density at radius 1 is 1.14 bits per heavy atom. The third-order valence-electron chi connectivity index (χ3n) is 4.20. The van der Waals surface area contributed by atoms with Gasteiger partial charge in [-0.25, -0.2) is 0 Å². The van der Waals surface area contributed by atoms with Gasteiger partial charge in [0.2, 0.25) is 5.91 Å². The van der Waals surface area contributed by atoms with Gasteiger partial charge >= 0.3 is 0 Å². The number of ether oxygens (including phenoxy) is 1. The average molecular weight is 295 g/mol. The van der Waals surface area contributed by atoms with Gasteiger partial charge in [0.25, 0.3) is 0 Å². The lowest BCUT2D eigenvalue weighted by atomic mass is 10.0. The topological polar surface area (TPSA) is 38.3 Å². The Hall–Kier alpha value is -2.29. The summed E-state index contributed by atoms with van der Waals surface area (Å²) >= 11 is 0. The number of amides is 1. The lowest BCUT2D eigenvalue weighted by Crippen LogP contribution is -2.24. The van der Waals surface area contributed by atoms with Crippen molar-refractivity contribution in [3.05, 3.63) is 64.7 Å². The Balaban J connectivity index is 1.58. The van der Waals surface area contributed by atoms with Gasteiger partial charge in [0.1, 0.15) is 5.75 Å². The molecule has 1 aliphatic carbocycles. The van der Waals surface area contributed by atoms with Crippen LogP contribution in [0.2, 0.25) is 0 Å². The molecular weight excluding hydrogens is 274 g/mol. The fourth-order valence-corrected chi connectivity index (χ4v) is 3.03. The highest BCUT2D eigenvalue weighted by atomic mass is 16.5. The molecule has 3 nitrogen and oxygen atoms in total. The first-order valence-corrected chi connectivity index (χ1v) is 7.75. The predicted molar refractivity (Wildman–Crippen MR) is 87.0 cm³/mol. The van der Waals surface area contributed by atoms with Crippen molar-refractivity contribution in [2.24, 2.45) is 0 Å². The zero-order chi connectivity index (χ0) is 15.4. The molecule has 0 bridgehead atoms. The molecule has 0 fully saturated rings. The molecule has 1 aliphatic rings. The third-order valence-corrected chi connectivity index (χ3v) is 4.20. The van der Waals surface area contributed by atoms with E-state index < -0.39 is 0 Å². The zero-order valence-corrected chi connectivity index (χ0v) is 12.9. The molecule has 0 atom stereocenters. The van der Waals surface area contributed by atoms with Crippen LogP contribution in [-0.2, 0) is 30.6 Å². The molecule has 0 aromatic heterocycles. The average Bonchev–Trinajstić information content (AvgIpc) is 3.01. The van der Waals surface area contributed by atoms with E-state index in [0.29, 0.717) is 13.0 Å². The van der Waals surface area contributed by atoms with Crippen molar-refractivity contribution >= 4 is 5.91 Å². The first kappa shape index (κ1) is 14.6. The largest absolute Gasteiger partial charge is 0.496 e. The quantitative estimate of drug-likeness (QED) is 0.920. The standard InChI is InChI=1S/C19H21NO2/c1-22-18-8-3-2-5-17(18)13-20-19(21)12-14-9-10-15-6-4-7-16(15)11-14/h2-3,5,8-11H,4,6-7,12-13H2,1H3,(H,20,21). The Bertz CT molecular complexity index is 679. The van der Waals surface area contributed by atoms with E-state index in [-0.39, 0.29) is 5.91 Å². The van der Waals surface area contributed by atoms with Gasteiger partial charge in [-0.15, -0.1) is 0 Å². The number of carbonyl (C=O) groups excluding carboxylic acids is 1. The summed E-state index contributed by atoms with van der Waals surface area (Å²) in [4.78, 5) is 12.1. The fourth-order valence-electron chi connectivity index (χ4n) is 3.03. The van der Waals surface area contributed by atoms with Crippen LogP contribution >= 0.6 is 0 Å². The van der Waals surface area contributed by atoms with Crippen molar-refractivity contribution in [1.82, 2.24) is 5.32 Å². The molecule has 0 heterocycles. The molecule has 0 saturated heterocycles. The van der Waals surface area contributed by atoms with Crippen LogP contribution in [0.1, 0.15) is 28.7 Å². The maximum atomic E-state index is 12.1. The first-order valence-electron chi connectivity index (χ1n) is 7.75. The van der Waals surface area contributed by atoms with Crippen LogP contribution in [0.3, 0.4) is 0 Å². The van der Waals surface area contributed by atoms with Crippen molar-refractivity contribution in [3.63, 3.8) is 0 Å². The zero-order valence-electron chi connectivity index (χ0n) is 12.9. The van der Waals surface area contributed by atoms with E-state index in [1.54, 1.807) is 7.11 Å². The summed E-state index contributed by atoms with van der Waals surface area (Å²) in [7, 11) is 1.64. The summed E-state index contributed by atoms with van der Waals surface area (Å²) in [6.45, 7) is 0.494. The number of hydrogen-bond donors (Lipinski definition) is 1. The lowest BCUT2D eigenvalue weighted by molar-refractivity contribution is -0.120. The number of benzene rings is 2. The molecule has 0 saturated carbocycles. The van der Waals surface area contributed by atoms with Gasteiger partial charge in [-0.05, 0) is 42.0 Å². The van der Waals surface area contributed by atoms with Gasteiger partial charge in [-0.1, -0.05) is 36.4 Å². The summed E-state index contributed by atoms with van der Waals surface area (Å²) in [5, 5.41) is 2.97. The molecule has 22 heavy (non-hydrogen) atoms. The number of aryl methyl sites for hydroxylation is 2. The van der Waals surface area contributed by atoms with Gasteiger partial charge in [-0.2, -0.15) is 0 Å². The van der Waals surface area contributed by atoms with E-state index in [9.17, 15) is 4.79 Å². The van der Waals surface area contributed by atoms with Crippen LogP contribution in [0.4, 0.5) is 0 Å². The molecule has 1 N–H and O–H groups in total. The number of para-hydroxylation sites is 1. The van der Waals surface area contributed by atoms with Gasteiger partial charge in [0.15, 0.2) is 0 Å². The molecule has 1 amide bonds. The van der Waals surface area contributed by atoms with Gasteiger partial charge in [0, 0.05) is 12.1 Å². The van der Waals surface area contributed by atoms with Gasteiger partial charge in [0.05, 0.1) is 13.5 Å². The van der Waals surface area contributed by atoms with Crippen molar-refractivity contribution in [2.45, 2.75) is 32.2 Å². The summed E-state index contributed by atoms with van der Waals surface area (Å²) in [6, 6.07) is 14.2. The van der Waals surface area contributed by atoms with E-state index in [2.05, 4.69) is 23.5 Å². The number of carbonyl (C=O) groups is 1. The Labute approximate surface area is 131 Å². The first-order chi connectivity index (χ1) is 10.8. The minimum atomic E-state index is 0.0452. The summed E-state index contributed by atoms with van der Waals surface area (Å²) < 4.78 is 5.29. The summed E-state index contributed by atoms with van der Waals surface area (Å²) in [5.74, 6) is 0.851. The van der Waals surface area contributed by atoms with Crippen molar-refractivity contribution in [1.29, 1.82) is 0 Å². The minimum Gasteiger partial charge on any atom is -0.496 e. The SMILES string of the molecule is COc1ccccc1CNC(=O)Cc1ccc2c(c1)CCC2. The van der Waals surface area contributed by atoms with Crippen molar-refractivity contribution in [3.8, 4) is 5.75 Å².